The van der Waals surface area contributed by atoms with Gasteiger partial charge in [-0.1, -0.05) is 23.2 Å². The van der Waals surface area contributed by atoms with Gasteiger partial charge in [-0.15, -0.1) is 0 Å². The number of halogens is 2. The number of hydrogen-bond donors (Lipinski definition) is 1. The zero-order valence-electron chi connectivity index (χ0n) is 9.67. The molecule has 17 heavy (non-hydrogen) atoms. The number of rotatable bonds is 3. The molecule has 1 aromatic heterocycles. The maximum atomic E-state index is 6.14. The molecule has 5 heteroatoms. The van der Waals surface area contributed by atoms with E-state index in [0.717, 1.165) is 23.5 Å². The van der Waals surface area contributed by atoms with Crippen molar-refractivity contribution >= 4 is 23.2 Å². The second-order valence-corrected chi connectivity index (χ2v) is 4.65. The van der Waals surface area contributed by atoms with Crippen molar-refractivity contribution in [3.63, 3.8) is 0 Å². The average Bonchev–Trinajstić information content (AvgIpc) is 2.60. The highest BCUT2D eigenvalue weighted by Gasteiger charge is 2.08. The van der Waals surface area contributed by atoms with E-state index in [4.69, 9.17) is 23.2 Å². The molecule has 0 aliphatic heterocycles. The van der Waals surface area contributed by atoms with Crippen LogP contribution < -0.4 is 5.32 Å². The van der Waals surface area contributed by atoms with E-state index in [1.807, 2.05) is 26.2 Å². The van der Waals surface area contributed by atoms with Gasteiger partial charge in [0.15, 0.2) is 0 Å². The predicted molar refractivity (Wildman–Crippen MR) is 71.1 cm³/mol. The van der Waals surface area contributed by atoms with Crippen LogP contribution in [0.5, 0.6) is 0 Å². The third-order valence-corrected chi connectivity index (χ3v) is 3.06. The topological polar surface area (TPSA) is 29.9 Å². The fourth-order valence-corrected chi connectivity index (χ4v) is 2.15. The lowest BCUT2D eigenvalue weighted by Crippen LogP contribution is -2.05. The van der Waals surface area contributed by atoms with E-state index >= 15 is 0 Å². The fourth-order valence-electron chi connectivity index (χ4n) is 1.65. The Morgan fingerprint density at radius 3 is 2.76 bits per heavy atom. The van der Waals surface area contributed by atoms with E-state index in [1.165, 1.54) is 0 Å². The molecule has 0 bridgehead atoms. The lowest BCUT2D eigenvalue weighted by atomic mass is 10.2. The second-order valence-electron chi connectivity index (χ2n) is 3.81. The molecule has 0 radical (unpaired) electrons. The molecule has 0 saturated heterocycles. The molecule has 0 saturated carbocycles. The fraction of sp³-hybridized carbons (Fsp3) is 0.250. The summed E-state index contributed by atoms with van der Waals surface area (Å²) >= 11 is 12.0. The SMILES string of the molecule is CNCc1cn(-c2ccc(Cl)cc2Cl)nc1C. The maximum absolute atomic E-state index is 6.14. The number of aromatic nitrogens is 2. The van der Waals surface area contributed by atoms with Gasteiger partial charge in [-0.2, -0.15) is 5.10 Å². The Labute approximate surface area is 110 Å². The second kappa shape index (κ2) is 5.08. The molecule has 0 amide bonds. The summed E-state index contributed by atoms with van der Waals surface area (Å²) in [5, 5.41) is 8.76. The van der Waals surface area contributed by atoms with Crippen LogP contribution in [0.1, 0.15) is 11.3 Å². The number of nitrogens with one attached hydrogen (secondary N) is 1. The number of hydrogen-bond acceptors (Lipinski definition) is 2. The quantitative estimate of drug-likeness (QED) is 0.928. The van der Waals surface area contributed by atoms with E-state index in [-0.39, 0.29) is 0 Å². The summed E-state index contributed by atoms with van der Waals surface area (Å²) in [4.78, 5) is 0. The van der Waals surface area contributed by atoms with Crippen molar-refractivity contribution in [1.29, 1.82) is 0 Å². The van der Waals surface area contributed by atoms with Gasteiger partial charge in [-0.05, 0) is 32.2 Å². The predicted octanol–water partition coefficient (Wildman–Crippen LogP) is 3.21. The Hall–Kier alpha value is -1.03. The first-order valence-electron chi connectivity index (χ1n) is 5.27. The van der Waals surface area contributed by atoms with Gasteiger partial charge < -0.3 is 5.32 Å². The monoisotopic (exact) mass is 269 g/mol. The van der Waals surface area contributed by atoms with Crippen LogP contribution in [0.25, 0.3) is 5.69 Å². The van der Waals surface area contributed by atoms with E-state index in [0.29, 0.717) is 10.0 Å². The number of nitrogens with zero attached hydrogens (tertiary/aromatic N) is 2. The first-order chi connectivity index (χ1) is 8.11. The summed E-state index contributed by atoms with van der Waals surface area (Å²) in [5.74, 6) is 0. The summed E-state index contributed by atoms with van der Waals surface area (Å²) in [6.07, 6.45) is 1.97. The number of benzene rings is 1. The standard InChI is InChI=1S/C12H13Cl2N3/c1-8-9(6-15-2)7-17(16-8)12-4-3-10(13)5-11(12)14/h3-5,7,15H,6H2,1-2H3. The highest BCUT2D eigenvalue weighted by molar-refractivity contribution is 6.35. The first-order valence-corrected chi connectivity index (χ1v) is 6.02. The van der Waals surface area contributed by atoms with Crippen LogP contribution in [0, 0.1) is 6.92 Å². The largest absolute Gasteiger partial charge is 0.316 e. The van der Waals surface area contributed by atoms with Gasteiger partial charge in [0.05, 0.1) is 16.4 Å². The summed E-state index contributed by atoms with van der Waals surface area (Å²) in [6, 6.07) is 5.38. The van der Waals surface area contributed by atoms with E-state index in [1.54, 1.807) is 16.8 Å². The maximum Gasteiger partial charge on any atom is 0.0833 e. The van der Waals surface area contributed by atoms with Crippen molar-refractivity contribution in [3.05, 3.63) is 45.7 Å². The molecule has 1 N–H and O–H groups in total. The molecule has 0 unspecified atom stereocenters. The molecule has 0 aliphatic rings. The van der Waals surface area contributed by atoms with Crippen LogP contribution in [0.4, 0.5) is 0 Å². The Morgan fingerprint density at radius 1 is 1.35 bits per heavy atom. The molecule has 0 spiro atoms. The Balaban J connectivity index is 2.42. The highest BCUT2D eigenvalue weighted by atomic mass is 35.5. The van der Waals surface area contributed by atoms with Crippen molar-refractivity contribution in [2.75, 3.05) is 7.05 Å². The average molecular weight is 270 g/mol. The summed E-state index contributed by atoms with van der Waals surface area (Å²) in [7, 11) is 1.91. The molecule has 2 rings (SSSR count). The van der Waals surface area contributed by atoms with E-state index in [9.17, 15) is 0 Å². The van der Waals surface area contributed by atoms with Crippen LogP contribution in [0.2, 0.25) is 10.0 Å². The van der Waals surface area contributed by atoms with Crippen LogP contribution in [-0.2, 0) is 6.54 Å². The lowest BCUT2D eigenvalue weighted by Gasteiger charge is -2.04. The van der Waals surface area contributed by atoms with Crippen LogP contribution in [0.15, 0.2) is 24.4 Å². The van der Waals surface area contributed by atoms with Crippen molar-refractivity contribution in [3.8, 4) is 5.69 Å². The van der Waals surface area contributed by atoms with Gasteiger partial charge in [-0.25, -0.2) is 4.68 Å². The molecular weight excluding hydrogens is 257 g/mol. The van der Waals surface area contributed by atoms with Crippen molar-refractivity contribution in [1.82, 2.24) is 15.1 Å². The van der Waals surface area contributed by atoms with E-state index in [2.05, 4.69) is 10.4 Å². The minimum absolute atomic E-state index is 0.594. The zero-order valence-corrected chi connectivity index (χ0v) is 11.2. The third kappa shape index (κ3) is 2.63. The lowest BCUT2D eigenvalue weighted by molar-refractivity contribution is 0.812. The summed E-state index contributed by atoms with van der Waals surface area (Å²) < 4.78 is 1.78. The Kier molecular flexibility index (Phi) is 3.72. The molecular formula is C12H13Cl2N3. The van der Waals surface area contributed by atoms with Gasteiger partial charge in [0.2, 0.25) is 0 Å². The van der Waals surface area contributed by atoms with Gasteiger partial charge in [0.25, 0.3) is 0 Å². The van der Waals surface area contributed by atoms with Crippen molar-refractivity contribution in [2.45, 2.75) is 13.5 Å². The van der Waals surface area contributed by atoms with Crippen LogP contribution >= 0.6 is 23.2 Å². The van der Waals surface area contributed by atoms with Gasteiger partial charge in [0.1, 0.15) is 0 Å². The molecule has 0 aliphatic carbocycles. The van der Waals surface area contributed by atoms with Crippen LogP contribution in [0.3, 0.4) is 0 Å². The Morgan fingerprint density at radius 2 is 2.12 bits per heavy atom. The minimum atomic E-state index is 0.594. The third-order valence-electron chi connectivity index (χ3n) is 2.52. The Bertz CT molecular complexity index is 535. The van der Waals surface area contributed by atoms with Gasteiger partial charge >= 0.3 is 0 Å². The van der Waals surface area contributed by atoms with Gasteiger partial charge in [-0.3, -0.25) is 0 Å². The summed E-state index contributed by atoms with van der Waals surface area (Å²) in [5.41, 5.74) is 2.98. The molecule has 0 atom stereocenters. The molecule has 3 nitrogen and oxygen atoms in total. The van der Waals surface area contributed by atoms with Crippen molar-refractivity contribution in [2.24, 2.45) is 0 Å². The molecule has 90 valence electrons. The molecule has 1 heterocycles. The smallest absolute Gasteiger partial charge is 0.0833 e. The molecule has 2 aromatic rings. The first kappa shape index (κ1) is 12.4. The minimum Gasteiger partial charge on any atom is -0.316 e. The number of aryl methyl sites for hydroxylation is 1. The summed E-state index contributed by atoms with van der Waals surface area (Å²) in [6.45, 7) is 2.77. The van der Waals surface area contributed by atoms with Crippen LogP contribution in [-0.4, -0.2) is 16.8 Å². The van der Waals surface area contributed by atoms with Crippen molar-refractivity contribution < 1.29 is 0 Å². The molecule has 0 fully saturated rings. The highest BCUT2D eigenvalue weighted by Crippen LogP contribution is 2.24. The molecule has 1 aromatic carbocycles. The normalized spacial score (nSPS) is 10.8. The zero-order chi connectivity index (χ0) is 12.4. The van der Waals surface area contributed by atoms with E-state index < -0.39 is 0 Å². The van der Waals surface area contributed by atoms with Gasteiger partial charge in [0, 0.05) is 23.3 Å².